The molecule has 1 aromatic heterocycles. The molecule has 0 radical (unpaired) electrons. The third kappa shape index (κ3) is 3.80. The average Bonchev–Trinajstić information content (AvgIpc) is 3.15. The predicted molar refractivity (Wildman–Crippen MR) is 98.7 cm³/mol. The van der Waals surface area contributed by atoms with Crippen molar-refractivity contribution in [2.45, 2.75) is 19.9 Å². The molecule has 1 saturated heterocycles. The van der Waals surface area contributed by atoms with Crippen LogP contribution in [0.2, 0.25) is 0 Å². The smallest absolute Gasteiger partial charge is 0.247 e. The highest BCUT2D eigenvalue weighted by molar-refractivity contribution is 5.44. The number of rotatable bonds is 6. The Morgan fingerprint density at radius 2 is 1.96 bits per heavy atom. The lowest BCUT2D eigenvalue weighted by atomic mass is 10.1. The first-order chi connectivity index (χ1) is 12.8. The summed E-state index contributed by atoms with van der Waals surface area (Å²) in [6.07, 6.45) is 2.73. The second kappa shape index (κ2) is 7.74. The number of ether oxygens (including phenoxy) is 2. The van der Waals surface area contributed by atoms with E-state index in [9.17, 15) is 0 Å². The quantitative estimate of drug-likeness (QED) is 0.839. The van der Waals surface area contributed by atoms with Crippen LogP contribution in [0.15, 0.2) is 24.4 Å². The molecule has 3 heterocycles. The van der Waals surface area contributed by atoms with Gasteiger partial charge in [0.05, 0.1) is 6.20 Å². The van der Waals surface area contributed by atoms with E-state index in [4.69, 9.17) is 9.47 Å². The highest BCUT2D eigenvalue weighted by atomic mass is 16.7. The van der Waals surface area contributed by atoms with Crippen LogP contribution in [-0.2, 0) is 6.54 Å². The summed E-state index contributed by atoms with van der Waals surface area (Å²) in [6.45, 7) is 7.95. The summed E-state index contributed by atoms with van der Waals surface area (Å²) in [4.78, 5) is 9.20. The Balaban J connectivity index is 1.32. The van der Waals surface area contributed by atoms with Crippen molar-refractivity contribution in [3.05, 3.63) is 30.0 Å². The van der Waals surface area contributed by atoms with Gasteiger partial charge in [0.1, 0.15) is 0 Å². The third-order valence-corrected chi connectivity index (χ3v) is 4.60. The van der Waals surface area contributed by atoms with Crippen molar-refractivity contribution in [3.63, 3.8) is 0 Å². The van der Waals surface area contributed by atoms with Crippen LogP contribution in [0.5, 0.6) is 11.5 Å². The van der Waals surface area contributed by atoms with E-state index in [1.807, 2.05) is 6.07 Å². The highest BCUT2D eigenvalue weighted by Gasteiger charge is 2.21. The van der Waals surface area contributed by atoms with Crippen molar-refractivity contribution in [1.29, 1.82) is 0 Å². The van der Waals surface area contributed by atoms with Crippen LogP contribution < -0.4 is 19.7 Å². The molecule has 0 unspecified atom stereocenters. The van der Waals surface area contributed by atoms with Gasteiger partial charge < -0.3 is 19.7 Å². The molecule has 0 spiro atoms. The molecule has 138 valence electrons. The molecule has 1 N–H and O–H groups in total. The second-order valence-electron chi connectivity index (χ2n) is 6.52. The van der Waals surface area contributed by atoms with Crippen LogP contribution in [-0.4, -0.2) is 59.6 Å². The van der Waals surface area contributed by atoms with Crippen molar-refractivity contribution in [2.24, 2.45) is 0 Å². The zero-order chi connectivity index (χ0) is 17.8. The molecule has 8 nitrogen and oxygen atoms in total. The first kappa shape index (κ1) is 16.8. The van der Waals surface area contributed by atoms with E-state index < -0.39 is 0 Å². The summed E-state index contributed by atoms with van der Waals surface area (Å²) in [6, 6.07) is 6.17. The van der Waals surface area contributed by atoms with Crippen LogP contribution in [0.1, 0.15) is 18.9 Å². The molecule has 2 aliphatic rings. The Labute approximate surface area is 153 Å². The number of hydrogen-bond acceptors (Lipinski definition) is 8. The number of fused-ring (bicyclic) bond motifs is 1. The number of anilines is 2. The van der Waals surface area contributed by atoms with Gasteiger partial charge in [0, 0.05) is 39.3 Å². The number of hydrogen-bond donors (Lipinski definition) is 1. The molecule has 1 fully saturated rings. The molecule has 0 saturated carbocycles. The maximum Gasteiger partial charge on any atom is 0.247 e. The van der Waals surface area contributed by atoms with Gasteiger partial charge in [0.25, 0.3) is 0 Å². The Morgan fingerprint density at radius 3 is 2.81 bits per heavy atom. The van der Waals surface area contributed by atoms with E-state index in [1.165, 1.54) is 5.56 Å². The normalized spacial score (nSPS) is 16.7. The SMILES string of the molecule is CCCNc1cnnc(N2CCN(Cc3ccc4c(c3)OCO4)CC2)n1. The van der Waals surface area contributed by atoms with E-state index in [0.717, 1.165) is 63.0 Å². The molecular weight excluding hydrogens is 332 g/mol. The Kier molecular flexibility index (Phi) is 5.01. The second-order valence-corrected chi connectivity index (χ2v) is 6.52. The minimum Gasteiger partial charge on any atom is -0.454 e. The lowest BCUT2D eigenvalue weighted by Crippen LogP contribution is -2.46. The highest BCUT2D eigenvalue weighted by Crippen LogP contribution is 2.32. The van der Waals surface area contributed by atoms with Gasteiger partial charge in [-0.05, 0) is 24.1 Å². The van der Waals surface area contributed by atoms with Gasteiger partial charge in [-0.1, -0.05) is 13.0 Å². The van der Waals surface area contributed by atoms with Crippen LogP contribution >= 0.6 is 0 Å². The molecule has 4 rings (SSSR count). The molecule has 0 aliphatic carbocycles. The van der Waals surface area contributed by atoms with Crippen LogP contribution in [0.3, 0.4) is 0 Å². The Bertz CT molecular complexity index is 748. The minimum absolute atomic E-state index is 0.317. The fourth-order valence-corrected chi connectivity index (χ4v) is 3.17. The van der Waals surface area contributed by atoms with E-state index >= 15 is 0 Å². The van der Waals surface area contributed by atoms with Gasteiger partial charge in [0.15, 0.2) is 17.3 Å². The summed E-state index contributed by atoms with van der Waals surface area (Å²) in [5.41, 5.74) is 1.24. The molecular formula is C18H24N6O2. The zero-order valence-electron chi connectivity index (χ0n) is 15.0. The summed E-state index contributed by atoms with van der Waals surface area (Å²) < 4.78 is 10.8. The molecule has 2 aromatic rings. The first-order valence-electron chi connectivity index (χ1n) is 9.11. The van der Waals surface area contributed by atoms with E-state index in [2.05, 4.69) is 49.4 Å². The molecule has 26 heavy (non-hydrogen) atoms. The Morgan fingerprint density at radius 1 is 1.12 bits per heavy atom. The van der Waals surface area contributed by atoms with Gasteiger partial charge in [-0.3, -0.25) is 4.90 Å². The largest absolute Gasteiger partial charge is 0.454 e. The zero-order valence-corrected chi connectivity index (χ0v) is 15.0. The molecule has 1 aromatic carbocycles. The van der Waals surface area contributed by atoms with Gasteiger partial charge >= 0.3 is 0 Å². The van der Waals surface area contributed by atoms with E-state index in [1.54, 1.807) is 6.20 Å². The summed E-state index contributed by atoms with van der Waals surface area (Å²) in [5, 5.41) is 11.5. The van der Waals surface area contributed by atoms with Gasteiger partial charge in [-0.15, -0.1) is 5.10 Å². The summed E-state index contributed by atoms with van der Waals surface area (Å²) in [7, 11) is 0. The topological polar surface area (TPSA) is 75.6 Å². The van der Waals surface area contributed by atoms with Crippen molar-refractivity contribution >= 4 is 11.8 Å². The minimum atomic E-state index is 0.317. The molecule has 0 amide bonds. The third-order valence-electron chi connectivity index (χ3n) is 4.60. The average molecular weight is 356 g/mol. The lowest BCUT2D eigenvalue weighted by Gasteiger charge is -2.34. The monoisotopic (exact) mass is 356 g/mol. The number of piperazine rings is 1. The molecule has 0 bridgehead atoms. The van der Waals surface area contributed by atoms with Crippen molar-refractivity contribution in [2.75, 3.05) is 49.7 Å². The van der Waals surface area contributed by atoms with Gasteiger partial charge in [-0.2, -0.15) is 10.1 Å². The Hall–Kier alpha value is -2.61. The number of benzene rings is 1. The van der Waals surface area contributed by atoms with Crippen molar-refractivity contribution in [3.8, 4) is 11.5 Å². The summed E-state index contributed by atoms with van der Waals surface area (Å²) in [5.74, 6) is 3.17. The maximum absolute atomic E-state index is 5.46. The molecule has 0 atom stereocenters. The standard InChI is InChI=1S/C18H24N6O2/c1-2-5-19-17-11-20-22-18(21-17)24-8-6-23(7-9-24)12-14-3-4-15-16(10-14)26-13-25-15/h3-4,10-11H,2,5-9,12-13H2,1H3,(H,19,21,22). The van der Waals surface area contributed by atoms with Crippen LogP contribution in [0, 0.1) is 0 Å². The van der Waals surface area contributed by atoms with Crippen molar-refractivity contribution < 1.29 is 9.47 Å². The number of nitrogens with one attached hydrogen (secondary N) is 1. The number of nitrogens with zero attached hydrogens (tertiary/aromatic N) is 5. The van der Waals surface area contributed by atoms with Crippen LogP contribution in [0.4, 0.5) is 11.8 Å². The molecule has 2 aliphatic heterocycles. The maximum atomic E-state index is 5.46. The van der Waals surface area contributed by atoms with Gasteiger partial charge in [0.2, 0.25) is 12.7 Å². The van der Waals surface area contributed by atoms with Gasteiger partial charge in [-0.25, -0.2) is 0 Å². The van der Waals surface area contributed by atoms with Crippen LogP contribution in [0.25, 0.3) is 0 Å². The fourth-order valence-electron chi connectivity index (χ4n) is 3.17. The number of aromatic nitrogens is 3. The van der Waals surface area contributed by atoms with Crippen molar-refractivity contribution in [1.82, 2.24) is 20.1 Å². The predicted octanol–water partition coefficient (Wildman–Crippen LogP) is 1.74. The lowest BCUT2D eigenvalue weighted by molar-refractivity contribution is 0.174. The first-order valence-corrected chi connectivity index (χ1v) is 9.11. The van der Waals surface area contributed by atoms with E-state index in [-0.39, 0.29) is 0 Å². The summed E-state index contributed by atoms with van der Waals surface area (Å²) >= 11 is 0. The fraction of sp³-hybridized carbons (Fsp3) is 0.500. The van der Waals surface area contributed by atoms with E-state index in [0.29, 0.717) is 12.7 Å². The molecule has 8 heteroatoms.